The first-order chi connectivity index (χ1) is 8.81. The van der Waals surface area contributed by atoms with Crippen molar-refractivity contribution in [3.8, 4) is 11.6 Å². The lowest BCUT2D eigenvalue weighted by Crippen LogP contribution is -2.03. The Kier molecular flexibility index (Phi) is 4.09. The number of ether oxygens (including phenoxy) is 2. The topological polar surface area (TPSA) is 70.3 Å². The summed E-state index contributed by atoms with van der Waals surface area (Å²) in [5.41, 5.74) is 7.23. The van der Waals surface area contributed by atoms with Crippen LogP contribution in [0.2, 0.25) is 0 Å². The number of methoxy groups -OCH3 is 1. The molecular formula is C13H15N3O2. The van der Waals surface area contributed by atoms with Crippen molar-refractivity contribution in [2.24, 2.45) is 5.73 Å². The van der Waals surface area contributed by atoms with E-state index in [1.165, 1.54) is 0 Å². The van der Waals surface area contributed by atoms with Gasteiger partial charge in [0.25, 0.3) is 0 Å². The Balaban J connectivity index is 1.97. The summed E-state index contributed by atoms with van der Waals surface area (Å²) in [4.78, 5) is 8.21. The monoisotopic (exact) mass is 245 g/mol. The van der Waals surface area contributed by atoms with Crippen LogP contribution in [0.15, 0.2) is 36.7 Å². The first-order valence-corrected chi connectivity index (χ1v) is 5.58. The molecule has 2 N–H and O–H groups in total. The molecule has 5 nitrogen and oxygen atoms in total. The summed E-state index contributed by atoms with van der Waals surface area (Å²) in [6.45, 7) is 0.791. The fourth-order valence-electron chi connectivity index (χ4n) is 1.43. The van der Waals surface area contributed by atoms with Gasteiger partial charge in [0.15, 0.2) is 0 Å². The van der Waals surface area contributed by atoms with Gasteiger partial charge in [0.2, 0.25) is 5.88 Å². The molecule has 0 aliphatic heterocycles. The molecule has 1 aromatic carbocycles. The van der Waals surface area contributed by atoms with E-state index in [9.17, 15) is 0 Å². The Hall–Kier alpha value is -2.14. The van der Waals surface area contributed by atoms with Crippen LogP contribution < -0.4 is 15.2 Å². The standard InChI is InChI=1S/C13H15N3O2/c1-17-12-4-2-10(3-5-12)9-18-13-8-15-7-11(6-14)16-13/h2-5,7-8H,6,9,14H2,1H3. The van der Waals surface area contributed by atoms with Crippen LogP contribution >= 0.6 is 0 Å². The molecular weight excluding hydrogens is 230 g/mol. The molecule has 0 unspecified atom stereocenters. The van der Waals surface area contributed by atoms with E-state index in [4.69, 9.17) is 15.2 Å². The lowest BCUT2D eigenvalue weighted by Gasteiger charge is -2.06. The van der Waals surface area contributed by atoms with Crippen molar-refractivity contribution in [2.45, 2.75) is 13.2 Å². The van der Waals surface area contributed by atoms with E-state index in [0.29, 0.717) is 24.7 Å². The van der Waals surface area contributed by atoms with Gasteiger partial charge in [-0.1, -0.05) is 12.1 Å². The average molecular weight is 245 g/mol. The number of nitrogens with two attached hydrogens (primary N) is 1. The molecule has 94 valence electrons. The van der Waals surface area contributed by atoms with Crippen LogP contribution in [0, 0.1) is 0 Å². The van der Waals surface area contributed by atoms with E-state index in [1.54, 1.807) is 19.5 Å². The normalized spacial score (nSPS) is 10.1. The Morgan fingerprint density at radius 3 is 2.61 bits per heavy atom. The van der Waals surface area contributed by atoms with Crippen molar-refractivity contribution in [3.05, 3.63) is 47.9 Å². The number of nitrogens with zero attached hydrogens (tertiary/aromatic N) is 2. The maximum Gasteiger partial charge on any atom is 0.232 e. The zero-order valence-corrected chi connectivity index (χ0v) is 10.2. The molecule has 0 aliphatic carbocycles. The summed E-state index contributed by atoms with van der Waals surface area (Å²) in [6.07, 6.45) is 3.20. The van der Waals surface area contributed by atoms with Crippen LogP contribution in [-0.4, -0.2) is 17.1 Å². The highest BCUT2D eigenvalue weighted by molar-refractivity contribution is 5.27. The number of rotatable bonds is 5. The second-order valence-electron chi connectivity index (χ2n) is 3.69. The molecule has 1 heterocycles. The van der Waals surface area contributed by atoms with Crippen molar-refractivity contribution in [1.82, 2.24) is 9.97 Å². The summed E-state index contributed by atoms with van der Waals surface area (Å²) < 4.78 is 10.6. The Labute approximate surface area is 106 Å². The largest absolute Gasteiger partial charge is 0.497 e. The maximum atomic E-state index is 5.54. The molecule has 5 heteroatoms. The summed E-state index contributed by atoms with van der Waals surface area (Å²) in [6, 6.07) is 7.67. The van der Waals surface area contributed by atoms with Crippen LogP contribution in [0.3, 0.4) is 0 Å². The van der Waals surface area contributed by atoms with E-state index in [1.807, 2.05) is 24.3 Å². The summed E-state index contributed by atoms with van der Waals surface area (Å²) in [7, 11) is 1.64. The van der Waals surface area contributed by atoms with Gasteiger partial charge in [-0.15, -0.1) is 0 Å². The van der Waals surface area contributed by atoms with Crippen LogP contribution in [0.4, 0.5) is 0 Å². The molecule has 18 heavy (non-hydrogen) atoms. The molecule has 0 saturated carbocycles. The molecule has 2 aromatic rings. The molecule has 0 radical (unpaired) electrons. The molecule has 0 fully saturated rings. The smallest absolute Gasteiger partial charge is 0.232 e. The maximum absolute atomic E-state index is 5.54. The molecule has 0 amide bonds. The highest BCUT2D eigenvalue weighted by Gasteiger charge is 2.00. The van der Waals surface area contributed by atoms with E-state index in [2.05, 4.69) is 9.97 Å². The van der Waals surface area contributed by atoms with E-state index < -0.39 is 0 Å². The third-order valence-corrected chi connectivity index (χ3v) is 2.42. The Morgan fingerprint density at radius 1 is 1.17 bits per heavy atom. The van der Waals surface area contributed by atoms with Gasteiger partial charge in [-0.25, -0.2) is 4.98 Å². The van der Waals surface area contributed by atoms with Gasteiger partial charge in [0.05, 0.1) is 19.0 Å². The van der Waals surface area contributed by atoms with Crippen LogP contribution in [0.25, 0.3) is 0 Å². The number of hydrogen-bond donors (Lipinski definition) is 1. The molecule has 0 aliphatic rings. The van der Waals surface area contributed by atoms with Crippen LogP contribution in [-0.2, 0) is 13.2 Å². The summed E-state index contributed by atoms with van der Waals surface area (Å²) in [5.74, 6) is 1.30. The fraction of sp³-hybridized carbons (Fsp3) is 0.231. The first kappa shape index (κ1) is 12.3. The molecule has 1 aromatic heterocycles. The third kappa shape index (κ3) is 3.18. The predicted molar refractivity (Wildman–Crippen MR) is 67.2 cm³/mol. The summed E-state index contributed by atoms with van der Waals surface area (Å²) >= 11 is 0. The van der Waals surface area contributed by atoms with E-state index >= 15 is 0 Å². The Bertz CT molecular complexity index is 500. The fourth-order valence-corrected chi connectivity index (χ4v) is 1.43. The molecule has 2 rings (SSSR count). The van der Waals surface area contributed by atoms with Crippen molar-refractivity contribution >= 4 is 0 Å². The molecule has 0 saturated heterocycles. The SMILES string of the molecule is COc1ccc(COc2cncc(CN)n2)cc1. The number of benzene rings is 1. The van der Waals surface area contributed by atoms with Crippen molar-refractivity contribution in [3.63, 3.8) is 0 Å². The third-order valence-electron chi connectivity index (χ3n) is 2.42. The minimum Gasteiger partial charge on any atom is -0.497 e. The molecule has 0 atom stereocenters. The highest BCUT2D eigenvalue weighted by atomic mass is 16.5. The number of hydrogen-bond acceptors (Lipinski definition) is 5. The highest BCUT2D eigenvalue weighted by Crippen LogP contribution is 2.13. The molecule has 0 bridgehead atoms. The lowest BCUT2D eigenvalue weighted by molar-refractivity contribution is 0.291. The minimum atomic E-state index is 0.354. The molecule has 0 spiro atoms. The van der Waals surface area contributed by atoms with E-state index in [-0.39, 0.29) is 0 Å². The van der Waals surface area contributed by atoms with E-state index in [0.717, 1.165) is 11.3 Å². The average Bonchev–Trinajstić information content (AvgIpc) is 2.46. The van der Waals surface area contributed by atoms with Crippen molar-refractivity contribution in [1.29, 1.82) is 0 Å². The van der Waals surface area contributed by atoms with Gasteiger partial charge >= 0.3 is 0 Å². The van der Waals surface area contributed by atoms with Gasteiger partial charge < -0.3 is 15.2 Å². The quantitative estimate of drug-likeness (QED) is 0.864. The van der Waals surface area contributed by atoms with Gasteiger partial charge in [-0.05, 0) is 17.7 Å². The lowest BCUT2D eigenvalue weighted by atomic mass is 10.2. The van der Waals surface area contributed by atoms with Gasteiger partial charge in [0, 0.05) is 12.7 Å². The second kappa shape index (κ2) is 5.97. The zero-order valence-electron chi connectivity index (χ0n) is 10.2. The van der Waals surface area contributed by atoms with Gasteiger partial charge in [0.1, 0.15) is 12.4 Å². The Morgan fingerprint density at radius 2 is 1.94 bits per heavy atom. The number of aromatic nitrogens is 2. The van der Waals surface area contributed by atoms with Crippen LogP contribution in [0.5, 0.6) is 11.6 Å². The van der Waals surface area contributed by atoms with Crippen LogP contribution in [0.1, 0.15) is 11.3 Å². The van der Waals surface area contributed by atoms with Crippen molar-refractivity contribution in [2.75, 3.05) is 7.11 Å². The first-order valence-electron chi connectivity index (χ1n) is 5.58. The summed E-state index contributed by atoms with van der Waals surface area (Å²) in [5, 5.41) is 0. The van der Waals surface area contributed by atoms with Gasteiger partial charge in [-0.2, -0.15) is 0 Å². The second-order valence-corrected chi connectivity index (χ2v) is 3.69. The zero-order chi connectivity index (χ0) is 12.8. The van der Waals surface area contributed by atoms with Gasteiger partial charge in [-0.3, -0.25) is 4.98 Å². The van der Waals surface area contributed by atoms with Crippen molar-refractivity contribution < 1.29 is 9.47 Å². The predicted octanol–water partition coefficient (Wildman–Crippen LogP) is 1.52. The minimum absolute atomic E-state index is 0.354.